The lowest BCUT2D eigenvalue weighted by Gasteiger charge is -2.35. The van der Waals surface area contributed by atoms with Crippen molar-refractivity contribution in [1.82, 2.24) is 15.6 Å². The number of para-hydroxylation sites is 1. The van der Waals surface area contributed by atoms with Crippen molar-refractivity contribution in [3.05, 3.63) is 93.1 Å². The minimum absolute atomic E-state index is 0.0650. The molecule has 0 aliphatic heterocycles. The number of thiophene rings is 1. The zero-order valence-electron chi connectivity index (χ0n) is 21.5. The van der Waals surface area contributed by atoms with Crippen molar-refractivity contribution in [1.29, 1.82) is 0 Å². The predicted molar refractivity (Wildman–Crippen MR) is 144 cm³/mol. The Kier molecular flexibility index (Phi) is 7.60. The van der Waals surface area contributed by atoms with E-state index in [1.54, 1.807) is 23.6 Å². The number of alkyl halides is 3. The van der Waals surface area contributed by atoms with E-state index in [0.717, 1.165) is 10.9 Å². The zero-order valence-corrected chi connectivity index (χ0v) is 22.3. The molecule has 4 N–H and O–H groups in total. The van der Waals surface area contributed by atoms with Crippen molar-refractivity contribution in [3.8, 4) is 0 Å². The number of amides is 2. The molecule has 214 valence electrons. The summed E-state index contributed by atoms with van der Waals surface area (Å²) in [6, 6.07) is 11.8. The number of benzene rings is 2. The Morgan fingerprint density at radius 2 is 1.85 bits per heavy atom. The monoisotopic (exact) mass is 587 g/mol. The number of aromatic amines is 1. The van der Waals surface area contributed by atoms with Gasteiger partial charge in [0.2, 0.25) is 11.8 Å². The Labute approximate surface area is 235 Å². The number of fused-ring (bicyclic) bond motifs is 3. The summed E-state index contributed by atoms with van der Waals surface area (Å²) in [5, 5.41) is 17.5. The molecule has 0 bridgehead atoms. The van der Waals surface area contributed by atoms with Gasteiger partial charge >= 0.3 is 12.1 Å². The number of rotatable bonds is 8. The maximum absolute atomic E-state index is 14.1. The molecule has 5 rings (SSSR count). The molecule has 12 heteroatoms. The molecular formula is C29H25F4N3O4S. The third-order valence-corrected chi connectivity index (χ3v) is 8.23. The lowest BCUT2D eigenvalue weighted by molar-refractivity contribution is -0.148. The van der Waals surface area contributed by atoms with Crippen LogP contribution in [-0.4, -0.2) is 39.5 Å². The van der Waals surface area contributed by atoms with E-state index in [-0.39, 0.29) is 48.6 Å². The van der Waals surface area contributed by atoms with Gasteiger partial charge in [0.15, 0.2) is 0 Å². The second-order valence-corrected chi connectivity index (χ2v) is 11.1. The fourth-order valence-corrected chi connectivity index (χ4v) is 6.02. The Balaban J connectivity index is 1.42. The molecular weight excluding hydrogens is 562 g/mol. The normalized spacial score (nSPS) is 17.6. The highest BCUT2D eigenvalue weighted by molar-refractivity contribution is 7.09. The lowest BCUT2D eigenvalue weighted by atomic mass is 9.79. The Morgan fingerprint density at radius 3 is 2.54 bits per heavy atom. The Bertz CT molecular complexity index is 1620. The van der Waals surface area contributed by atoms with Crippen molar-refractivity contribution >= 4 is 40.0 Å². The van der Waals surface area contributed by atoms with Crippen LogP contribution in [0.5, 0.6) is 0 Å². The molecule has 2 amide bonds. The molecule has 1 aliphatic carbocycles. The van der Waals surface area contributed by atoms with Gasteiger partial charge in [-0.05, 0) is 47.5 Å². The molecule has 0 saturated heterocycles. The molecule has 0 spiro atoms. The van der Waals surface area contributed by atoms with Crippen LogP contribution in [0.15, 0.2) is 60.0 Å². The molecule has 0 saturated carbocycles. The molecule has 2 aromatic heterocycles. The van der Waals surface area contributed by atoms with Crippen LogP contribution in [0.3, 0.4) is 0 Å². The summed E-state index contributed by atoms with van der Waals surface area (Å²) < 4.78 is 55.0. The number of H-pyrrole nitrogens is 1. The van der Waals surface area contributed by atoms with Crippen LogP contribution < -0.4 is 10.6 Å². The first-order valence-electron chi connectivity index (χ1n) is 12.8. The number of carbonyl (C=O) groups excluding carboxylic acids is 2. The van der Waals surface area contributed by atoms with Gasteiger partial charge in [0.05, 0.1) is 17.5 Å². The van der Waals surface area contributed by atoms with Crippen molar-refractivity contribution in [2.45, 2.75) is 49.9 Å². The third-order valence-electron chi connectivity index (χ3n) is 7.33. The van der Waals surface area contributed by atoms with Gasteiger partial charge in [-0.1, -0.05) is 36.4 Å². The smallest absolute Gasteiger partial charge is 0.418 e. The van der Waals surface area contributed by atoms with Crippen molar-refractivity contribution in [2.24, 2.45) is 0 Å². The number of nitrogens with one attached hydrogen (secondary N) is 3. The van der Waals surface area contributed by atoms with Crippen LogP contribution in [-0.2, 0) is 46.2 Å². The summed E-state index contributed by atoms with van der Waals surface area (Å²) in [7, 11) is 0. The first-order chi connectivity index (χ1) is 19.5. The second-order valence-electron chi connectivity index (χ2n) is 10.0. The minimum atomic E-state index is -4.61. The summed E-state index contributed by atoms with van der Waals surface area (Å²) in [5.74, 6) is -3.30. The quantitative estimate of drug-likeness (QED) is 0.222. The molecule has 41 heavy (non-hydrogen) atoms. The number of aromatic nitrogens is 1. The first-order valence-corrected chi connectivity index (χ1v) is 13.6. The van der Waals surface area contributed by atoms with Crippen molar-refractivity contribution in [3.63, 3.8) is 0 Å². The van der Waals surface area contributed by atoms with Crippen LogP contribution >= 0.6 is 11.3 Å². The van der Waals surface area contributed by atoms with Gasteiger partial charge in [0.1, 0.15) is 17.4 Å². The van der Waals surface area contributed by atoms with Crippen molar-refractivity contribution in [2.75, 3.05) is 0 Å². The van der Waals surface area contributed by atoms with E-state index in [2.05, 4.69) is 15.6 Å². The number of hydrogen-bond acceptors (Lipinski definition) is 4. The number of aryl methyl sites for hydroxylation is 1. The number of hydrogen-bond donors (Lipinski definition) is 4. The maximum Gasteiger partial charge on any atom is 0.418 e. The first kappa shape index (κ1) is 28.3. The van der Waals surface area contributed by atoms with E-state index in [9.17, 15) is 37.1 Å². The highest BCUT2D eigenvalue weighted by Gasteiger charge is 2.46. The standard InChI is InChI=1S/C29H25F4N3O4S/c30-21-9-2-1-5-16(21)13-24(37)34-23(14-17-6-4-12-41-17)26(38)36-28(27(39)40)11-10-22-19(15-28)18-7-3-8-20(25(18)35-22)29(31,32)33/h1-9,12,23,35H,10-11,13-15H2,(H,34,37)(H,36,38)(H,39,40). The zero-order chi connectivity index (χ0) is 29.4. The topological polar surface area (TPSA) is 111 Å². The molecule has 2 atom stereocenters. The Morgan fingerprint density at radius 1 is 1.07 bits per heavy atom. The van der Waals surface area contributed by atoms with Gasteiger partial charge in [-0.3, -0.25) is 9.59 Å². The molecule has 1 aliphatic rings. The van der Waals surface area contributed by atoms with E-state index in [4.69, 9.17) is 0 Å². The molecule has 2 aromatic carbocycles. The maximum atomic E-state index is 14.1. The van der Waals surface area contributed by atoms with Crippen LogP contribution in [0, 0.1) is 5.82 Å². The van der Waals surface area contributed by atoms with Gasteiger partial charge < -0.3 is 20.7 Å². The average molecular weight is 588 g/mol. The van der Waals surface area contributed by atoms with E-state index in [1.807, 2.05) is 0 Å². The van der Waals surface area contributed by atoms with Crippen LogP contribution in [0.4, 0.5) is 17.6 Å². The summed E-state index contributed by atoms with van der Waals surface area (Å²) in [6.07, 6.45) is -5.12. The van der Waals surface area contributed by atoms with E-state index in [0.29, 0.717) is 11.3 Å². The van der Waals surface area contributed by atoms with Gasteiger partial charge in [0, 0.05) is 28.8 Å². The predicted octanol–water partition coefficient (Wildman–Crippen LogP) is 4.79. The summed E-state index contributed by atoms with van der Waals surface area (Å²) in [5.41, 5.74) is -1.80. The van der Waals surface area contributed by atoms with Gasteiger partial charge in [-0.15, -0.1) is 11.3 Å². The van der Waals surface area contributed by atoms with E-state index in [1.165, 1.54) is 41.7 Å². The molecule has 0 radical (unpaired) electrons. The van der Waals surface area contributed by atoms with Gasteiger partial charge in [-0.2, -0.15) is 13.2 Å². The number of aliphatic carboxylic acids is 1. The van der Waals surface area contributed by atoms with E-state index < -0.39 is 46.9 Å². The number of carbonyl (C=O) groups is 3. The molecule has 4 aromatic rings. The van der Waals surface area contributed by atoms with Crippen LogP contribution in [0.1, 0.15) is 33.7 Å². The molecule has 7 nitrogen and oxygen atoms in total. The highest BCUT2D eigenvalue weighted by atomic mass is 32.1. The Hall–Kier alpha value is -4.19. The fourth-order valence-electron chi connectivity index (χ4n) is 5.27. The SMILES string of the molecule is O=C(Cc1ccccc1F)NC(Cc1cccs1)C(=O)NC1(C(=O)O)CCc2[nH]c3c(C(F)(F)F)cccc3c2C1. The summed E-state index contributed by atoms with van der Waals surface area (Å²) in [4.78, 5) is 42.6. The summed E-state index contributed by atoms with van der Waals surface area (Å²) >= 11 is 1.35. The minimum Gasteiger partial charge on any atom is -0.479 e. The molecule has 2 unspecified atom stereocenters. The van der Waals surface area contributed by atoms with Gasteiger partial charge in [0.25, 0.3) is 0 Å². The number of halogens is 4. The van der Waals surface area contributed by atoms with Gasteiger partial charge in [-0.25, -0.2) is 9.18 Å². The lowest BCUT2D eigenvalue weighted by Crippen LogP contribution is -2.62. The largest absolute Gasteiger partial charge is 0.479 e. The average Bonchev–Trinajstić information content (AvgIpc) is 3.56. The number of carboxylic acids is 1. The molecule has 0 fully saturated rings. The van der Waals surface area contributed by atoms with Crippen LogP contribution in [0.2, 0.25) is 0 Å². The highest BCUT2D eigenvalue weighted by Crippen LogP contribution is 2.40. The fraction of sp³-hybridized carbons (Fsp3) is 0.276. The third kappa shape index (κ3) is 5.83. The molecule has 2 heterocycles. The summed E-state index contributed by atoms with van der Waals surface area (Å²) in [6.45, 7) is 0. The van der Waals surface area contributed by atoms with E-state index >= 15 is 0 Å². The van der Waals surface area contributed by atoms with Crippen LogP contribution in [0.25, 0.3) is 10.9 Å². The second kappa shape index (κ2) is 11.0. The number of carboxylic acid groups (broad SMARTS) is 1. The van der Waals surface area contributed by atoms with Crippen molar-refractivity contribution < 1.29 is 37.1 Å².